The van der Waals surface area contributed by atoms with Gasteiger partial charge in [0.15, 0.2) is 0 Å². The van der Waals surface area contributed by atoms with Crippen LogP contribution in [0.2, 0.25) is 0 Å². The van der Waals surface area contributed by atoms with Crippen LogP contribution in [0.5, 0.6) is 0 Å². The Hall–Kier alpha value is -7.52. The van der Waals surface area contributed by atoms with Gasteiger partial charge in [-0.05, 0) is 252 Å². The summed E-state index contributed by atoms with van der Waals surface area (Å²) in [6, 6.07) is 14.4. The molecule has 4 aliphatic rings. The minimum Gasteiger partial charge on any atom is -0.361 e. The summed E-state index contributed by atoms with van der Waals surface area (Å²) >= 11 is 0. The largest absolute Gasteiger partial charge is 0.361 e. The average Bonchev–Trinajstić information content (AvgIpc) is 1.62. The lowest BCUT2D eigenvalue weighted by atomic mass is 9.90. The van der Waals surface area contributed by atoms with E-state index >= 15 is 0 Å². The van der Waals surface area contributed by atoms with Gasteiger partial charge < -0.3 is 24.9 Å². The van der Waals surface area contributed by atoms with E-state index in [4.69, 9.17) is 19.9 Å². The van der Waals surface area contributed by atoms with Crippen molar-refractivity contribution in [3.63, 3.8) is 0 Å². The summed E-state index contributed by atoms with van der Waals surface area (Å²) in [5.41, 5.74) is 47.7. The number of aromatic amines is 5. The molecular formula is C82H105N9. The van der Waals surface area contributed by atoms with Gasteiger partial charge in [-0.3, -0.25) is 0 Å². The fourth-order valence-corrected chi connectivity index (χ4v) is 17.1. The van der Waals surface area contributed by atoms with Gasteiger partial charge in [0.25, 0.3) is 0 Å². The Labute approximate surface area is 543 Å². The lowest BCUT2D eigenvalue weighted by molar-refractivity contribution is 0.974. The summed E-state index contributed by atoms with van der Waals surface area (Å²) in [5, 5.41) is 0. The maximum atomic E-state index is 5.94. The van der Waals surface area contributed by atoms with Crippen molar-refractivity contribution in [3.05, 3.63) is 160 Å². The Bertz CT molecular complexity index is 3970. The molecular weight excluding hydrogens is 1110 g/mol. The standard InChI is InChI=1S/C82H105N9/c1-19-45-46(20-2)66(38-64-81-61(35-17)57(31-13)77(90-81)43-73-53(27-9)49(23-5)69(86-73)40-70-50(24-6)54(28-10)74(87-70)44-78-58(32-14)62(36-18)82(64)91-78)83-65(45)37-63-79-59(33-15)55(29-11)75(88-79)41-71-51(25-7)47(21-3)67(84-71)39-68-48(22-4)52(26-8)72(85-68)42-76-56(30-12)60(34-16)80(63)89-76/h39-44,83-87H,19-38H2,1-18H3. The minimum absolute atomic E-state index is 0.675. The van der Waals surface area contributed by atoms with Crippen LogP contribution in [0.3, 0.4) is 0 Å². The van der Waals surface area contributed by atoms with Crippen molar-refractivity contribution in [2.24, 2.45) is 0 Å². The maximum absolute atomic E-state index is 5.94. The highest BCUT2D eigenvalue weighted by molar-refractivity contribution is 6.00. The highest BCUT2D eigenvalue weighted by atomic mass is 14.8. The van der Waals surface area contributed by atoms with Gasteiger partial charge in [-0.25, -0.2) is 19.9 Å². The molecule has 0 aromatic carbocycles. The third-order valence-corrected chi connectivity index (χ3v) is 21.2. The van der Waals surface area contributed by atoms with Gasteiger partial charge in [0, 0.05) is 79.5 Å². The van der Waals surface area contributed by atoms with Crippen LogP contribution in [0.1, 0.15) is 300 Å². The van der Waals surface area contributed by atoms with E-state index in [0.717, 1.165) is 161 Å². The topological polar surface area (TPSA) is 131 Å². The highest BCUT2D eigenvalue weighted by Gasteiger charge is 2.32. The second-order valence-corrected chi connectivity index (χ2v) is 25.4. The predicted molar refractivity (Wildman–Crippen MR) is 392 cm³/mol. The molecule has 0 aliphatic carbocycles. The first-order valence-corrected chi connectivity index (χ1v) is 36.0. The van der Waals surface area contributed by atoms with Crippen molar-refractivity contribution >= 4 is 88.7 Å². The third-order valence-electron chi connectivity index (χ3n) is 21.2. The highest BCUT2D eigenvalue weighted by Crippen LogP contribution is 2.46. The molecule has 0 unspecified atom stereocenters. The van der Waals surface area contributed by atoms with E-state index in [1.807, 2.05) is 0 Å². The van der Waals surface area contributed by atoms with E-state index in [2.05, 4.69) is 186 Å². The number of H-pyrrole nitrogens is 5. The molecule has 0 spiro atoms. The molecule has 0 amide bonds. The molecule has 7 aromatic heterocycles. The SMILES string of the molecule is CCC1=C(CC)c2nc1cc1[nH]c(cc3[nH]c(cc4nc(c2Cc2[nH]c(Cc5c6nc(cc7[nH]c(cc8[nH]c(cc9nc5C(CC)=C9CC)c(CC)c8CC)c(CC)c7CC)C(CC)=C6CC)c(CC)c2CC)C(CC)=C4CC)c(CC)c3CC)c(CC)c1CC. The number of rotatable bonds is 22. The molecule has 0 saturated carbocycles. The molecule has 91 heavy (non-hydrogen) atoms. The number of hydrogen-bond acceptors (Lipinski definition) is 4. The van der Waals surface area contributed by atoms with E-state index < -0.39 is 0 Å². The summed E-state index contributed by atoms with van der Waals surface area (Å²) in [7, 11) is 0. The van der Waals surface area contributed by atoms with Crippen LogP contribution in [0.15, 0.2) is 36.4 Å². The second kappa shape index (κ2) is 27.4. The van der Waals surface area contributed by atoms with Gasteiger partial charge in [-0.1, -0.05) is 125 Å². The number of hydrogen-bond donors (Lipinski definition) is 5. The van der Waals surface area contributed by atoms with Crippen LogP contribution in [-0.4, -0.2) is 44.9 Å². The van der Waals surface area contributed by atoms with E-state index in [9.17, 15) is 0 Å². The zero-order chi connectivity index (χ0) is 64.7. The van der Waals surface area contributed by atoms with Crippen LogP contribution < -0.4 is 0 Å². The number of fused-ring (bicyclic) bond motifs is 16. The molecule has 9 heteroatoms. The molecule has 478 valence electrons. The Morgan fingerprint density at radius 1 is 0.198 bits per heavy atom. The zero-order valence-corrected chi connectivity index (χ0v) is 58.9. The van der Waals surface area contributed by atoms with Gasteiger partial charge in [-0.15, -0.1) is 0 Å². The van der Waals surface area contributed by atoms with Crippen LogP contribution in [0, 0.1) is 0 Å². The van der Waals surface area contributed by atoms with Crippen molar-refractivity contribution in [2.75, 3.05) is 0 Å². The molecule has 0 atom stereocenters. The molecule has 11 heterocycles. The fourth-order valence-electron chi connectivity index (χ4n) is 17.1. The molecule has 11 rings (SSSR count). The lowest BCUT2D eigenvalue weighted by Crippen LogP contribution is -2.03. The smallest absolute Gasteiger partial charge is 0.0730 e. The van der Waals surface area contributed by atoms with Crippen molar-refractivity contribution < 1.29 is 0 Å². The molecule has 5 N–H and O–H groups in total. The minimum atomic E-state index is 0.675. The molecule has 4 aliphatic heterocycles. The number of aromatic nitrogens is 9. The van der Waals surface area contributed by atoms with Crippen LogP contribution in [0.25, 0.3) is 88.7 Å². The molecule has 0 fully saturated rings. The van der Waals surface area contributed by atoms with Gasteiger partial charge in [-0.2, -0.15) is 0 Å². The Morgan fingerprint density at radius 3 is 0.560 bits per heavy atom. The first-order valence-electron chi connectivity index (χ1n) is 36.0. The van der Waals surface area contributed by atoms with Crippen LogP contribution in [-0.2, 0) is 77.0 Å². The van der Waals surface area contributed by atoms with Crippen LogP contribution >= 0.6 is 0 Å². The Balaban J connectivity index is 1.24. The fraction of sp³-hybridized carbons (Fsp3) is 0.463. The van der Waals surface area contributed by atoms with Gasteiger partial charge >= 0.3 is 0 Å². The van der Waals surface area contributed by atoms with Crippen molar-refractivity contribution in [3.8, 4) is 0 Å². The summed E-state index contributed by atoms with van der Waals surface area (Å²) < 4.78 is 0. The van der Waals surface area contributed by atoms with E-state index in [0.29, 0.717) is 12.8 Å². The summed E-state index contributed by atoms with van der Waals surface area (Å²) in [6.45, 7) is 41.8. The van der Waals surface area contributed by atoms with Crippen molar-refractivity contribution in [1.82, 2.24) is 44.9 Å². The third kappa shape index (κ3) is 11.0. The molecule has 0 saturated heterocycles. The van der Waals surface area contributed by atoms with E-state index in [-0.39, 0.29) is 0 Å². The normalized spacial score (nSPS) is 13.6. The summed E-state index contributed by atoms with van der Waals surface area (Å²) in [5.74, 6) is 0. The molecule has 9 nitrogen and oxygen atoms in total. The maximum Gasteiger partial charge on any atom is 0.0730 e. The molecule has 7 aromatic rings. The van der Waals surface area contributed by atoms with Gasteiger partial charge in [0.05, 0.1) is 45.6 Å². The first-order chi connectivity index (χ1) is 44.3. The van der Waals surface area contributed by atoms with Gasteiger partial charge in [0.2, 0.25) is 0 Å². The van der Waals surface area contributed by atoms with Crippen molar-refractivity contribution in [1.29, 1.82) is 0 Å². The van der Waals surface area contributed by atoms with E-state index in [1.165, 1.54) is 167 Å². The van der Waals surface area contributed by atoms with E-state index in [1.54, 1.807) is 0 Å². The predicted octanol–water partition coefficient (Wildman–Crippen LogP) is 22.0. The monoisotopic (exact) mass is 1220 g/mol. The zero-order valence-electron chi connectivity index (χ0n) is 58.9. The van der Waals surface area contributed by atoms with Gasteiger partial charge in [0.1, 0.15) is 0 Å². The number of nitrogens with one attached hydrogen (secondary N) is 5. The summed E-state index contributed by atoms with van der Waals surface area (Å²) in [4.78, 5) is 44.2. The lowest BCUT2D eigenvalue weighted by Gasteiger charge is -2.13. The molecule has 16 bridgehead atoms. The van der Waals surface area contributed by atoms with Crippen molar-refractivity contribution in [2.45, 2.75) is 253 Å². The average molecular weight is 1220 g/mol. The second-order valence-electron chi connectivity index (χ2n) is 25.4. The number of aryl methyl sites for hydroxylation is 8. The quantitative estimate of drug-likeness (QED) is 0.0463. The van der Waals surface area contributed by atoms with Crippen LogP contribution in [0.4, 0.5) is 0 Å². The summed E-state index contributed by atoms with van der Waals surface area (Å²) in [6.07, 6.45) is 17.7. The first kappa shape index (κ1) is 65.0. The molecule has 0 radical (unpaired) electrons. The Kier molecular flexibility index (Phi) is 19.5. The Morgan fingerprint density at radius 2 is 0.385 bits per heavy atom. The number of nitrogens with zero attached hydrogens (tertiary/aromatic N) is 4. The number of allylic oxidation sites excluding steroid dienone is 8.